The van der Waals surface area contributed by atoms with Gasteiger partial charge in [-0.3, -0.25) is 4.79 Å². The van der Waals surface area contributed by atoms with E-state index in [1.807, 2.05) is 13.0 Å². The van der Waals surface area contributed by atoms with Gasteiger partial charge in [-0.05, 0) is 6.92 Å². The standard InChI is InChI=1S/C13H16O4S/c1-2-16-10-8-18-13(17-10)12(15)11(14)9-6-4-3-5-7-9/h3-7,10,12-13,15H,2,8H2,1H3. The third kappa shape index (κ3) is 3.11. The summed E-state index contributed by atoms with van der Waals surface area (Å²) in [5, 5.41) is 10.0. The molecule has 3 unspecified atom stereocenters. The van der Waals surface area contributed by atoms with Gasteiger partial charge in [-0.25, -0.2) is 0 Å². The molecule has 0 bridgehead atoms. The average Bonchev–Trinajstić information content (AvgIpc) is 2.87. The third-order valence-electron chi connectivity index (χ3n) is 2.62. The number of carbonyl (C=O) groups is 1. The Kier molecular flexibility index (Phi) is 4.77. The lowest BCUT2D eigenvalue weighted by molar-refractivity contribution is -0.136. The van der Waals surface area contributed by atoms with Crippen LogP contribution in [0.5, 0.6) is 0 Å². The summed E-state index contributed by atoms with van der Waals surface area (Å²) in [7, 11) is 0. The van der Waals surface area contributed by atoms with Gasteiger partial charge in [0.15, 0.2) is 18.2 Å². The molecule has 0 spiro atoms. The molecule has 98 valence electrons. The van der Waals surface area contributed by atoms with Crippen molar-refractivity contribution in [2.24, 2.45) is 0 Å². The van der Waals surface area contributed by atoms with E-state index in [4.69, 9.17) is 9.47 Å². The minimum atomic E-state index is -1.15. The maximum Gasteiger partial charge on any atom is 0.194 e. The van der Waals surface area contributed by atoms with Crippen LogP contribution in [0.2, 0.25) is 0 Å². The fourth-order valence-corrected chi connectivity index (χ4v) is 2.77. The van der Waals surface area contributed by atoms with Crippen LogP contribution in [-0.2, 0) is 9.47 Å². The number of aliphatic hydroxyl groups is 1. The normalized spacial score (nSPS) is 25.0. The van der Waals surface area contributed by atoms with Gasteiger partial charge in [0.1, 0.15) is 5.44 Å². The Bertz CT molecular complexity index is 395. The van der Waals surface area contributed by atoms with Gasteiger partial charge in [-0.15, -0.1) is 11.8 Å². The molecule has 1 aromatic carbocycles. The number of hydrogen-bond donors (Lipinski definition) is 1. The summed E-state index contributed by atoms with van der Waals surface area (Å²) in [5.74, 6) is 0.322. The molecule has 1 heterocycles. The molecule has 18 heavy (non-hydrogen) atoms. The lowest BCUT2D eigenvalue weighted by Gasteiger charge is -2.17. The molecule has 1 saturated heterocycles. The van der Waals surface area contributed by atoms with Gasteiger partial charge in [0.25, 0.3) is 0 Å². The molecule has 1 aliphatic heterocycles. The van der Waals surface area contributed by atoms with E-state index >= 15 is 0 Å². The van der Waals surface area contributed by atoms with E-state index in [0.29, 0.717) is 17.9 Å². The molecule has 0 radical (unpaired) electrons. The van der Waals surface area contributed by atoms with Gasteiger partial charge in [-0.1, -0.05) is 30.3 Å². The van der Waals surface area contributed by atoms with Crippen molar-refractivity contribution in [3.8, 4) is 0 Å². The first kappa shape index (κ1) is 13.5. The predicted octanol–water partition coefficient (Wildman–Crippen LogP) is 1.68. The van der Waals surface area contributed by atoms with Crippen molar-refractivity contribution in [1.82, 2.24) is 0 Å². The van der Waals surface area contributed by atoms with Crippen LogP contribution in [0.25, 0.3) is 0 Å². The SMILES string of the molecule is CCOC1CSC(C(O)C(=O)c2ccccc2)O1. The highest BCUT2D eigenvalue weighted by Crippen LogP contribution is 2.29. The number of ether oxygens (including phenoxy) is 2. The first-order valence-electron chi connectivity index (χ1n) is 5.88. The van der Waals surface area contributed by atoms with Crippen LogP contribution in [0.4, 0.5) is 0 Å². The van der Waals surface area contributed by atoms with E-state index in [0.717, 1.165) is 0 Å². The van der Waals surface area contributed by atoms with E-state index in [9.17, 15) is 9.90 Å². The Morgan fingerprint density at radius 3 is 2.94 bits per heavy atom. The number of thioether (sulfide) groups is 1. The Morgan fingerprint density at radius 2 is 2.28 bits per heavy atom. The van der Waals surface area contributed by atoms with Crippen LogP contribution in [0, 0.1) is 0 Å². The van der Waals surface area contributed by atoms with Crippen molar-refractivity contribution in [2.75, 3.05) is 12.4 Å². The number of rotatable bonds is 5. The number of benzene rings is 1. The van der Waals surface area contributed by atoms with Gasteiger partial charge < -0.3 is 14.6 Å². The van der Waals surface area contributed by atoms with Crippen molar-refractivity contribution in [3.63, 3.8) is 0 Å². The number of hydrogen-bond acceptors (Lipinski definition) is 5. The van der Waals surface area contributed by atoms with Crippen LogP contribution in [0.3, 0.4) is 0 Å². The van der Waals surface area contributed by atoms with Crippen molar-refractivity contribution in [1.29, 1.82) is 0 Å². The van der Waals surface area contributed by atoms with Crippen molar-refractivity contribution >= 4 is 17.5 Å². The summed E-state index contributed by atoms with van der Waals surface area (Å²) in [6, 6.07) is 8.74. The molecule has 5 heteroatoms. The van der Waals surface area contributed by atoms with E-state index in [-0.39, 0.29) is 12.1 Å². The van der Waals surface area contributed by atoms with Crippen LogP contribution < -0.4 is 0 Å². The highest BCUT2D eigenvalue weighted by atomic mass is 32.2. The van der Waals surface area contributed by atoms with Crippen LogP contribution in [-0.4, -0.2) is 41.1 Å². The Morgan fingerprint density at radius 1 is 1.56 bits per heavy atom. The number of Topliss-reactive ketones (excluding diaryl/α,β-unsaturated/α-hetero) is 1. The molecule has 4 nitrogen and oxygen atoms in total. The van der Waals surface area contributed by atoms with E-state index in [1.54, 1.807) is 24.3 Å². The Balaban J connectivity index is 1.96. The topological polar surface area (TPSA) is 55.8 Å². The third-order valence-corrected chi connectivity index (χ3v) is 3.78. The first-order chi connectivity index (χ1) is 8.72. The zero-order valence-electron chi connectivity index (χ0n) is 10.1. The van der Waals surface area contributed by atoms with E-state index < -0.39 is 11.5 Å². The molecule has 0 amide bonds. The Labute approximate surface area is 110 Å². The molecular formula is C13H16O4S. The Hall–Kier alpha value is -0.880. The molecule has 1 N–H and O–H groups in total. The van der Waals surface area contributed by atoms with Crippen LogP contribution >= 0.6 is 11.8 Å². The zero-order valence-corrected chi connectivity index (χ0v) is 10.9. The molecule has 0 aromatic heterocycles. The van der Waals surface area contributed by atoms with Crippen molar-refractivity contribution in [3.05, 3.63) is 35.9 Å². The van der Waals surface area contributed by atoms with Crippen molar-refractivity contribution in [2.45, 2.75) is 24.8 Å². The second-order valence-electron chi connectivity index (χ2n) is 3.90. The predicted molar refractivity (Wildman–Crippen MR) is 69.5 cm³/mol. The van der Waals surface area contributed by atoms with Gasteiger partial charge in [0.2, 0.25) is 0 Å². The first-order valence-corrected chi connectivity index (χ1v) is 6.93. The van der Waals surface area contributed by atoms with E-state index in [1.165, 1.54) is 11.8 Å². The summed E-state index contributed by atoms with van der Waals surface area (Å²) >= 11 is 1.40. The maximum absolute atomic E-state index is 12.0. The average molecular weight is 268 g/mol. The summed E-state index contributed by atoms with van der Waals surface area (Å²) in [5.41, 5.74) is -0.0525. The molecule has 0 aliphatic carbocycles. The zero-order chi connectivity index (χ0) is 13.0. The summed E-state index contributed by atoms with van der Waals surface area (Å²) in [4.78, 5) is 12.0. The molecule has 1 fully saturated rings. The minimum absolute atomic E-state index is 0.315. The second-order valence-corrected chi connectivity index (χ2v) is 5.03. The molecule has 1 aliphatic rings. The molecule has 2 rings (SSSR count). The van der Waals surface area contributed by atoms with Crippen molar-refractivity contribution < 1.29 is 19.4 Å². The minimum Gasteiger partial charge on any atom is -0.381 e. The summed E-state index contributed by atoms with van der Waals surface area (Å²) in [6.07, 6.45) is -1.48. The lowest BCUT2D eigenvalue weighted by Crippen LogP contribution is -2.33. The largest absolute Gasteiger partial charge is 0.381 e. The van der Waals surface area contributed by atoms with Gasteiger partial charge >= 0.3 is 0 Å². The van der Waals surface area contributed by atoms with Gasteiger partial charge in [-0.2, -0.15) is 0 Å². The van der Waals surface area contributed by atoms with Gasteiger partial charge in [0, 0.05) is 17.9 Å². The fourth-order valence-electron chi connectivity index (χ4n) is 1.74. The number of ketones is 1. The maximum atomic E-state index is 12.0. The quantitative estimate of drug-likeness (QED) is 0.823. The molecule has 0 saturated carbocycles. The highest BCUT2D eigenvalue weighted by Gasteiger charge is 2.35. The highest BCUT2D eigenvalue weighted by molar-refractivity contribution is 8.00. The van der Waals surface area contributed by atoms with E-state index in [2.05, 4.69) is 0 Å². The summed E-state index contributed by atoms with van der Waals surface area (Å²) in [6.45, 7) is 2.44. The molecular weight excluding hydrogens is 252 g/mol. The van der Waals surface area contributed by atoms with Crippen LogP contribution in [0.15, 0.2) is 30.3 Å². The fraction of sp³-hybridized carbons (Fsp3) is 0.462. The second kappa shape index (κ2) is 6.33. The lowest BCUT2D eigenvalue weighted by atomic mass is 10.1. The smallest absolute Gasteiger partial charge is 0.194 e. The monoisotopic (exact) mass is 268 g/mol. The number of carbonyl (C=O) groups excluding carboxylic acids is 1. The number of aliphatic hydroxyl groups excluding tert-OH is 1. The molecule has 1 aromatic rings. The molecule has 3 atom stereocenters. The summed E-state index contributed by atoms with van der Waals surface area (Å²) < 4.78 is 10.8. The van der Waals surface area contributed by atoms with Crippen LogP contribution in [0.1, 0.15) is 17.3 Å². The van der Waals surface area contributed by atoms with Gasteiger partial charge in [0.05, 0.1) is 0 Å².